The fourth-order valence-electron chi connectivity index (χ4n) is 2.90. The highest BCUT2D eigenvalue weighted by molar-refractivity contribution is 6.02. The Hall–Kier alpha value is -1.78. The molecule has 1 saturated carbocycles. The van der Waals surface area contributed by atoms with Crippen LogP contribution < -0.4 is 10.6 Å². The smallest absolute Gasteiger partial charge is 0.172 e. The Balaban J connectivity index is 2.32. The largest absolute Gasteiger partial charge is 0.409 e. The highest BCUT2D eigenvalue weighted by Crippen LogP contribution is 2.28. The zero-order valence-electron chi connectivity index (χ0n) is 11.4. The zero-order chi connectivity index (χ0) is 13.7. The van der Waals surface area contributed by atoms with Gasteiger partial charge in [0.15, 0.2) is 5.84 Å². The van der Waals surface area contributed by atoms with Crippen LogP contribution in [0.2, 0.25) is 0 Å². The van der Waals surface area contributed by atoms with Crippen LogP contribution in [0.15, 0.2) is 23.6 Å². The molecule has 0 radical (unpaired) electrons. The summed E-state index contributed by atoms with van der Waals surface area (Å²) in [6, 6.07) is 2.34. The van der Waals surface area contributed by atoms with E-state index >= 15 is 0 Å². The molecule has 1 aromatic rings. The Bertz CT molecular complexity index is 441. The minimum absolute atomic E-state index is 0.145. The van der Waals surface area contributed by atoms with Gasteiger partial charge in [0.2, 0.25) is 0 Å². The summed E-state index contributed by atoms with van der Waals surface area (Å²) in [5.74, 6) is 0.145. The highest BCUT2D eigenvalue weighted by Gasteiger charge is 2.23. The van der Waals surface area contributed by atoms with Crippen molar-refractivity contribution in [2.24, 2.45) is 10.9 Å². The summed E-state index contributed by atoms with van der Waals surface area (Å²) in [6.07, 6.45) is 9.78. The summed E-state index contributed by atoms with van der Waals surface area (Å²) in [5, 5.41) is 12.0. The van der Waals surface area contributed by atoms with E-state index < -0.39 is 0 Å². The molecule has 0 saturated heterocycles. The lowest BCUT2D eigenvalue weighted by Crippen LogP contribution is -2.38. The Kier molecular flexibility index (Phi) is 4.60. The molecule has 0 aliphatic heterocycles. The predicted molar refractivity (Wildman–Crippen MR) is 76.6 cm³/mol. The third kappa shape index (κ3) is 2.97. The third-order valence-electron chi connectivity index (χ3n) is 3.85. The van der Waals surface area contributed by atoms with Crippen LogP contribution in [0.25, 0.3) is 0 Å². The van der Waals surface area contributed by atoms with Crippen molar-refractivity contribution in [3.05, 3.63) is 24.0 Å². The van der Waals surface area contributed by atoms with E-state index in [1.807, 2.05) is 6.20 Å². The van der Waals surface area contributed by atoms with Gasteiger partial charge in [0.25, 0.3) is 0 Å². The van der Waals surface area contributed by atoms with Gasteiger partial charge in [-0.2, -0.15) is 0 Å². The molecular formula is C14H22N4O. The zero-order valence-corrected chi connectivity index (χ0v) is 11.4. The van der Waals surface area contributed by atoms with Gasteiger partial charge in [0.05, 0.1) is 11.9 Å². The molecule has 2 rings (SSSR count). The van der Waals surface area contributed by atoms with Gasteiger partial charge in [0.1, 0.15) is 0 Å². The van der Waals surface area contributed by atoms with E-state index in [4.69, 9.17) is 10.9 Å². The van der Waals surface area contributed by atoms with Crippen molar-refractivity contribution in [2.75, 3.05) is 11.4 Å². The fraction of sp³-hybridized carbons (Fsp3) is 0.571. The summed E-state index contributed by atoms with van der Waals surface area (Å²) in [7, 11) is 0. The van der Waals surface area contributed by atoms with Crippen LogP contribution in [0, 0.1) is 0 Å². The minimum Gasteiger partial charge on any atom is -0.409 e. The van der Waals surface area contributed by atoms with Crippen LogP contribution in [-0.4, -0.2) is 28.6 Å². The topological polar surface area (TPSA) is 74.7 Å². The molecule has 1 fully saturated rings. The van der Waals surface area contributed by atoms with Crippen molar-refractivity contribution in [3.8, 4) is 0 Å². The van der Waals surface area contributed by atoms with Gasteiger partial charge in [-0.3, -0.25) is 4.98 Å². The van der Waals surface area contributed by atoms with Gasteiger partial charge < -0.3 is 15.8 Å². The van der Waals surface area contributed by atoms with E-state index in [1.165, 1.54) is 32.1 Å². The van der Waals surface area contributed by atoms with Crippen LogP contribution in [0.1, 0.15) is 44.6 Å². The number of nitrogens with zero attached hydrogens (tertiary/aromatic N) is 3. The molecule has 0 unspecified atom stereocenters. The van der Waals surface area contributed by atoms with Gasteiger partial charge in [-0.1, -0.05) is 24.4 Å². The summed E-state index contributed by atoms with van der Waals surface area (Å²) in [6.45, 7) is 3.04. The van der Waals surface area contributed by atoms with Crippen LogP contribution in [0.4, 0.5) is 5.69 Å². The third-order valence-corrected chi connectivity index (χ3v) is 3.85. The van der Waals surface area contributed by atoms with E-state index in [-0.39, 0.29) is 5.84 Å². The first-order chi connectivity index (χ1) is 9.27. The Morgan fingerprint density at radius 1 is 1.47 bits per heavy atom. The molecule has 1 aliphatic rings. The summed E-state index contributed by atoms with van der Waals surface area (Å²) >= 11 is 0. The van der Waals surface area contributed by atoms with Crippen molar-refractivity contribution in [1.82, 2.24) is 4.98 Å². The molecule has 5 heteroatoms. The first-order valence-corrected chi connectivity index (χ1v) is 6.96. The predicted octanol–water partition coefficient (Wildman–Crippen LogP) is 2.34. The van der Waals surface area contributed by atoms with E-state index in [1.54, 1.807) is 12.3 Å². The maximum atomic E-state index is 8.90. The molecule has 104 valence electrons. The molecule has 0 bridgehead atoms. The second kappa shape index (κ2) is 6.41. The fourth-order valence-corrected chi connectivity index (χ4v) is 2.90. The SMILES string of the molecule is CCN(c1cnccc1/C(N)=N/O)C1CCCCC1. The van der Waals surface area contributed by atoms with Crippen molar-refractivity contribution in [1.29, 1.82) is 0 Å². The van der Waals surface area contributed by atoms with Gasteiger partial charge in [-0.25, -0.2) is 0 Å². The lowest BCUT2D eigenvalue weighted by atomic mass is 9.93. The van der Waals surface area contributed by atoms with Crippen molar-refractivity contribution >= 4 is 11.5 Å². The molecule has 5 nitrogen and oxygen atoms in total. The summed E-state index contributed by atoms with van der Waals surface area (Å²) < 4.78 is 0. The van der Waals surface area contributed by atoms with Gasteiger partial charge in [-0.15, -0.1) is 0 Å². The van der Waals surface area contributed by atoms with Crippen LogP contribution in [-0.2, 0) is 0 Å². The Labute approximate surface area is 114 Å². The molecular weight excluding hydrogens is 240 g/mol. The standard InChI is InChI=1S/C14H22N4O/c1-2-18(11-6-4-3-5-7-11)13-10-16-9-8-12(13)14(15)17-19/h8-11,19H,2-7H2,1H3,(H2,15,17). The maximum Gasteiger partial charge on any atom is 0.172 e. The normalized spacial score (nSPS) is 17.4. The maximum absolute atomic E-state index is 8.90. The lowest BCUT2D eigenvalue weighted by Gasteiger charge is -2.36. The first-order valence-electron chi connectivity index (χ1n) is 6.96. The Morgan fingerprint density at radius 2 is 2.21 bits per heavy atom. The molecule has 1 aliphatic carbocycles. The number of pyridine rings is 1. The van der Waals surface area contributed by atoms with E-state index in [2.05, 4.69) is 22.0 Å². The molecule has 0 amide bonds. The van der Waals surface area contributed by atoms with E-state index in [0.29, 0.717) is 6.04 Å². The number of nitrogens with two attached hydrogens (primary N) is 1. The number of aromatic nitrogens is 1. The van der Waals surface area contributed by atoms with Crippen LogP contribution in [0.3, 0.4) is 0 Å². The second-order valence-electron chi connectivity index (χ2n) is 4.96. The number of hydrogen-bond acceptors (Lipinski definition) is 4. The monoisotopic (exact) mass is 262 g/mol. The van der Waals surface area contributed by atoms with Gasteiger partial charge in [-0.05, 0) is 25.8 Å². The number of rotatable bonds is 4. The minimum atomic E-state index is 0.145. The molecule has 1 heterocycles. The molecule has 0 spiro atoms. The van der Waals surface area contributed by atoms with Gasteiger partial charge in [0, 0.05) is 24.3 Å². The van der Waals surface area contributed by atoms with Crippen LogP contribution >= 0.6 is 0 Å². The van der Waals surface area contributed by atoms with Crippen molar-refractivity contribution in [3.63, 3.8) is 0 Å². The first kappa shape index (κ1) is 13.6. The number of oxime groups is 1. The van der Waals surface area contributed by atoms with Crippen LogP contribution in [0.5, 0.6) is 0 Å². The molecule has 1 aromatic heterocycles. The van der Waals surface area contributed by atoms with Crippen molar-refractivity contribution < 1.29 is 5.21 Å². The number of amidine groups is 1. The molecule has 0 atom stereocenters. The number of hydrogen-bond donors (Lipinski definition) is 2. The quantitative estimate of drug-likeness (QED) is 0.378. The Morgan fingerprint density at radius 3 is 2.84 bits per heavy atom. The molecule has 3 N–H and O–H groups in total. The molecule has 0 aromatic carbocycles. The number of anilines is 1. The van der Waals surface area contributed by atoms with Crippen molar-refractivity contribution in [2.45, 2.75) is 45.1 Å². The summed E-state index contributed by atoms with van der Waals surface area (Å²) in [5.41, 5.74) is 7.48. The average Bonchev–Trinajstić information content (AvgIpc) is 2.49. The average molecular weight is 262 g/mol. The second-order valence-corrected chi connectivity index (χ2v) is 4.96. The lowest BCUT2D eigenvalue weighted by molar-refractivity contribution is 0.318. The summed E-state index contributed by atoms with van der Waals surface area (Å²) in [4.78, 5) is 6.52. The molecule has 19 heavy (non-hydrogen) atoms. The van der Waals surface area contributed by atoms with E-state index in [0.717, 1.165) is 17.8 Å². The van der Waals surface area contributed by atoms with Gasteiger partial charge >= 0.3 is 0 Å². The van der Waals surface area contributed by atoms with E-state index in [9.17, 15) is 0 Å². The highest BCUT2D eigenvalue weighted by atomic mass is 16.4.